The van der Waals surface area contributed by atoms with Crippen molar-refractivity contribution in [2.24, 2.45) is 29.6 Å². The average Bonchev–Trinajstić information content (AvgIpc) is 3.12. The number of allylic oxidation sites excluding steroid dienone is 1. The lowest BCUT2D eigenvalue weighted by molar-refractivity contribution is -0.143. The Kier molecular flexibility index (Phi) is 8.30. The monoisotopic (exact) mass is 455 g/mol. The van der Waals surface area contributed by atoms with Crippen molar-refractivity contribution in [3.63, 3.8) is 0 Å². The SMILES string of the molecule is CC[C@@H]1C=C[C@H]2[C@@H](C(=O)N([C@@H](CO)CC(C)C)[C@@H]2C(=O)NCc2ccccc2)[C@@H]1C(=O)NC. The number of nitrogens with zero attached hydrogens (tertiary/aromatic N) is 1. The molecule has 0 radical (unpaired) electrons. The fourth-order valence-corrected chi connectivity index (χ4v) is 5.46. The van der Waals surface area contributed by atoms with Gasteiger partial charge in [0.05, 0.1) is 24.5 Å². The number of aliphatic hydroxyl groups excluding tert-OH is 1. The van der Waals surface area contributed by atoms with Crippen molar-refractivity contribution in [2.45, 2.75) is 52.2 Å². The van der Waals surface area contributed by atoms with Crippen molar-refractivity contribution >= 4 is 17.7 Å². The van der Waals surface area contributed by atoms with Crippen molar-refractivity contribution in [3.05, 3.63) is 48.0 Å². The second kappa shape index (κ2) is 11.0. The smallest absolute Gasteiger partial charge is 0.243 e. The maximum absolute atomic E-state index is 13.8. The summed E-state index contributed by atoms with van der Waals surface area (Å²) in [7, 11) is 1.58. The Balaban J connectivity index is 1.97. The van der Waals surface area contributed by atoms with Crippen LogP contribution < -0.4 is 10.6 Å². The van der Waals surface area contributed by atoms with E-state index in [2.05, 4.69) is 10.6 Å². The van der Waals surface area contributed by atoms with Crippen molar-refractivity contribution in [1.29, 1.82) is 0 Å². The molecule has 0 aromatic heterocycles. The lowest BCUT2D eigenvalue weighted by Crippen LogP contribution is -2.52. The molecule has 1 aromatic carbocycles. The van der Waals surface area contributed by atoms with E-state index in [-0.39, 0.29) is 36.2 Å². The molecule has 1 aromatic rings. The number of rotatable bonds is 9. The standard InChI is InChI=1S/C26H37N3O4/c1-5-18-11-12-20-22(21(18)24(31)27-4)26(33)29(19(15-30)13-16(2)3)23(20)25(32)28-14-17-9-7-6-8-10-17/h6-12,16,18-23,30H,5,13-15H2,1-4H3,(H,27,31)(H,28,32)/t18-,19-,20+,21-,22-,23+/m1/s1. The topological polar surface area (TPSA) is 98.7 Å². The third kappa shape index (κ3) is 5.13. The van der Waals surface area contributed by atoms with Crippen LogP contribution >= 0.6 is 0 Å². The predicted octanol–water partition coefficient (Wildman–Crippen LogP) is 2.11. The Morgan fingerprint density at radius 2 is 1.82 bits per heavy atom. The maximum Gasteiger partial charge on any atom is 0.243 e. The van der Waals surface area contributed by atoms with Crippen LogP contribution in [0.2, 0.25) is 0 Å². The summed E-state index contributed by atoms with van der Waals surface area (Å²) in [5, 5.41) is 15.9. The van der Waals surface area contributed by atoms with Gasteiger partial charge in [-0.15, -0.1) is 0 Å². The molecule has 3 amide bonds. The lowest BCUT2D eigenvalue weighted by Gasteiger charge is -2.34. The highest BCUT2D eigenvalue weighted by Crippen LogP contribution is 2.46. The zero-order chi connectivity index (χ0) is 24.1. The van der Waals surface area contributed by atoms with Crippen LogP contribution in [0, 0.1) is 29.6 Å². The largest absolute Gasteiger partial charge is 0.394 e. The van der Waals surface area contributed by atoms with Crippen molar-refractivity contribution in [1.82, 2.24) is 15.5 Å². The number of nitrogens with one attached hydrogen (secondary N) is 2. The van der Waals surface area contributed by atoms with Crippen LogP contribution in [-0.2, 0) is 20.9 Å². The second-order valence-electron chi connectivity index (χ2n) is 9.56. The number of likely N-dealkylation sites (tertiary alicyclic amines) is 1. The fourth-order valence-electron chi connectivity index (χ4n) is 5.46. The van der Waals surface area contributed by atoms with Crippen LogP contribution in [0.3, 0.4) is 0 Å². The quantitative estimate of drug-likeness (QED) is 0.497. The van der Waals surface area contributed by atoms with Crippen LogP contribution in [0.1, 0.15) is 39.2 Å². The number of carbonyl (C=O) groups is 3. The van der Waals surface area contributed by atoms with E-state index in [9.17, 15) is 19.5 Å². The van der Waals surface area contributed by atoms with Gasteiger partial charge in [-0.3, -0.25) is 14.4 Å². The zero-order valence-electron chi connectivity index (χ0n) is 20.0. The van der Waals surface area contributed by atoms with Crippen LogP contribution in [-0.4, -0.2) is 53.5 Å². The molecule has 3 rings (SSSR count). The van der Waals surface area contributed by atoms with E-state index in [0.717, 1.165) is 12.0 Å². The first kappa shape index (κ1) is 25.0. The fraction of sp³-hybridized carbons (Fsp3) is 0.577. The number of aliphatic hydroxyl groups is 1. The van der Waals surface area contributed by atoms with Gasteiger partial charge in [-0.05, 0) is 30.2 Å². The molecule has 1 aliphatic carbocycles. The summed E-state index contributed by atoms with van der Waals surface area (Å²) in [6.07, 6.45) is 5.25. The molecule has 7 nitrogen and oxygen atoms in total. The minimum absolute atomic E-state index is 0.0687. The summed E-state index contributed by atoms with van der Waals surface area (Å²) in [6.45, 7) is 6.19. The molecule has 0 spiro atoms. The van der Waals surface area contributed by atoms with Gasteiger partial charge in [0.25, 0.3) is 0 Å². The van der Waals surface area contributed by atoms with Gasteiger partial charge >= 0.3 is 0 Å². The van der Waals surface area contributed by atoms with E-state index >= 15 is 0 Å². The van der Waals surface area contributed by atoms with Crippen molar-refractivity contribution in [2.75, 3.05) is 13.7 Å². The summed E-state index contributed by atoms with van der Waals surface area (Å²) in [5.41, 5.74) is 0.965. The average molecular weight is 456 g/mol. The first-order valence-corrected chi connectivity index (χ1v) is 12.0. The first-order chi connectivity index (χ1) is 15.8. The van der Waals surface area contributed by atoms with Crippen LogP contribution in [0.5, 0.6) is 0 Å². The number of amides is 3. The molecule has 1 aliphatic heterocycles. The van der Waals surface area contributed by atoms with Gasteiger partial charge in [0, 0.05) is 19.5 Å². The molecule has 1 fully saturated rings. The number of hydrogen-bond donors (Lipinski definition) is 3. The second-order valence-corrected chi connectivity index (χ2v) is 9.56. The number of hydrogen-bond acceptors (Lipinski definition) is 4. The molecule has 3 N–H and O–H groups in total. The predicted molar refractivity (Wildman–Crippen MR) is 127 cm³/mol. The molecule has 2 aliphatic rings. The van der Waals surface area contributed by atoms with Crippen LogP contribution in [0.15, 0.2) is 42.5 Å². The molecule has 33 heavy (non-hydrogen) atoms. The number of benzene rings is 1. The molecule has 180 valence electrons. The van der Waals surface area contributed by atoms with Gasteiger partial charge < -0.3 is 20.6 Å². The van der Waals surface area contributed by atoms with E-state index < -0.39 is 29.8 Å². The van der Waals surface area contributed by atoms with Gasteiger partial charge in [-0.25, -0.2) is 0 Å². The summed E-state index contributed by atoms with van der Waals surface area (Å²) in [5.74, 6) is -2.04. The maximum atomic E-state index is 13.8. The van der Waals surface area contributed by atoms with Crippen LogP contribution in [0.25, 0.3) is 0 Å². The molecular weight excluding hydrogens is 418 g/mol. The highest BCUT2D eigenvalue weighted by atomic mass is 16.3. The summed E-state index contributed by atoms with van der Waals surface area (Å²) < 4.78 is 0. The third-order valence-corrected chi connectivity index (χ3v) is 6.99. The molecule has 1 heterocycles. The van der Waals surface area contributed by atoms with Gasteiger partial charge in [0.2, 0.25) is 17.7 Å². The molecule has 0 saturated carbocycles. The van der Waals surface area contributed by atoms with Crippen molar-refractivity contribution in [3.8, 4) is 0 Å². The van der Waals surface area contributed by atoms with Gasteiger partial charge in [-0.2, -0.15) is 0 Å². The Morgan fingerprint density at radius 1 is 1.12 bits per heavy atom. The molecule has 0 unspecified atom stereocenters. The molecule has 1 saturated heterocycles. The number of fused-ring (bicyclic) bond motifs is 1. The Bertz CT molecular complexity index is 870. The Labute approximate surface area is 196 Å². The minimum Gasteiger partial charge on any atom is -0.394 e. The van der Waals surface area contributed by atoms with Gasteiger partial charge in [0.15, 0.2) is 0 Å². The zero-order valence-corrected chi connectivity index (χ0v) is 20.0. The summed E-state index contributed by atoms with van der Waals surface area (Å²) in [4.78, 5) is 41.8. The minimum atomic E-state index is -0.761. The van der Waals surface area contributed by atoms with E-state index in [1.807, 2.05) is 63.3 Å². The summed E-state index contributed by atoms with van der Waals surface area (Å²) >= 11 is 0. The third-order valence-electron chi connectivity index (χ3n) is 6.99. The molecular formula is C26H37N3O4. The first-order valence-electron chi connectivity index (χ1n) is 12.0. The molecule has 6 atom stereocenters. The molecule has 0 bridgehead atoms. The highest BCUT2D eigenvalue weighted by Gasteiger charge is 2.58. The lowest BCUT2D eigenvalue weighted by atomic mass is 9.69. The Hall–Kier alpha value is -2.67. The van der Waals surface area contributed by atoms with Gasteiger partial charge in [-0.1, -0.05) is 63.3 Å². The van der Waals surface area contributed by atoms with Gasteiger partial charge in [0.1, 0.15) is 6.04 Å². The van der Waals surface area contributed by atoms with E-state index in [0.29, 0.717) is 13.0 Å². The van der Waals surface area contributed by atoms with E-state index in [4.69, 9.17) is 0 Å². The number of carbonyl (C=O) groups excluding carboxylic acids is 3. The molecule has 7 heteroatoms. The van der Waals surface area contributed by atoms with Crippen LogP contribution in [0.4, 0.5) is 0 Å². The normalized spacial score (nSPS) is 27.4. The highest BCUT2D eigenvalue weighted by molar-refractivity contribution is 5.97. The van der Waals surface area contributed by atoms with E-state index in [1.54, 1.807) is 11.9 Å². The summed E-state index contributed by atoms with van der Waals surface area (Å²) in [6, 6.07) is 8.37. The van der Waals surface area contributed by atoms with Crippen molar-refractivity contribution < 1.29 is 19.5 Å². The Morgan fingerprint density at radius 3 is 2.39 bits per heavy atom. The van der Waals surface area contributed by atoms with E-state index in [1.165, 1.54) is 0 Å².